The predicted octanol–water partition coefficient (Wildman–Crippen LogP) is 4.71. The maximum Gasteiger partial charge on any atom is 0.263 e. The van der Waals surface area contributed by atoms with Gasteiger partial charge in [0.15, 0.2) is 5.82 Å². The van der Waals surface area contributed by atoms with Gasteiger partial charge in [0.05, 0.1) is 11.4 Å². The van der Waals surface area contributed by atoms with Crippen molar-refractivity contribution in [1.29, 1.82) is 0 Å². The number of hydrogen-bond acceptors (Lipinski definition) is 4. The van der Waals surface area contributed by atoms with Crippen molar-refractivity contribution in [3.05, 3.63) is 59.0 Å². The molecule has 136 valence electrons. The lowest BCUT2D eigenvalue weighted by molar-refractivity contribution is 0.151. The molecule has 0 saturated heterocycles. The topological polar surface area (TPSA) is 63.6 Å². The number of benzene rings is 1. The second kappa shape index (κ2) is 8.12. The fraction of sp³-hybridized carbons (Fsp3) is 0.316. The molecule has 0 atom stereocenters. The first-order valence-electron chi connectivity index (χ1n) is 8.42. The minimum Gasteiger partial charge on any atom is -0.323 e. The van der Waals surface area contributed by atoms with Gasteiger partial charge in [0.25, 0.3) is 6.43 Å². The Morgan fingerprint density at radius 1 is 1.04 bits per heavy atom. The van der Waals surface area contributed by atoms with Crippen LogP contribution >= 0.6 is 0 Å². The first-order valence-corrected chi connectivity index (χ1v) is 8.42. The molecule has 1 saturated carbocycles. The summed E-state index contributed by atoms with van der Waals surface area (Å²) in [7, 11) is 0. The van der Waals surface area contributed by atoms with Crippen LogP contribution in [0.3, 0.4) is 0 Å². The van der Waals surface area contributed by atoms with E-state index in [1.807, 2.05) is 0 Å². The Morgan fingerprint density at radius 3 is 2.54 bits per heavy atom. The van der Waals surface area contributed by atoms with Crippen LogP contribution in [0.4, 0.5) is 19.0 Å². The predicted molar refractivity (Wildman–Crippen MR) is 95.6 cm³/mol. The first kappa shape index (κ1) is 18.1. The lowest BCUT2D eigenvalue weighted by Gasteiger charge is -2.14. The van der Waals surface area contributed by atoms with Crippen molar-refractivity contribution >= 4 is 17.2 Å². The minimum absolute atomic E-state index is 0.315. The highest BCUT2D eigenvalue weighted by Crippen LogP contribution is 2.24. The standard InChI is InChI=1S/C19H19F3N4/c20-15-9-13(8-14(11-15)19(21)22)7-12-5-6-24-18(10-12)25-16-3-1-2-4-17(16)26-23/h5-6,8-11,19H,1-4,7,23H2/b25-16?,26-17-. The third-order valence-corrected chi connectivity index (χ3v) is 4.27. The molecule has 0 amide bonds. The van der Waals surface area contributed by atoms with Crippen LogP contribution in [-0.4, -0.2) is 16.4 Å². The second-order valence-electron chi connectivity index (χ2n) is 6.23. The Kier molecular flexibility index (Phi) is 5.65. The molecule has 1 aromatic heterocycles. The SMILES string of the molecule is N/N=C1/CCCCC1=Nc1cc(Cc2cc(F)cc(C(F)F)c2)ccn1. The molecule has 0 radical (unpaired) electrons. The summed E-state index contributed by atoms with van der Waals surface area (Å²) in [6.45, 7) is 0. The number of hydrogen-bond donors (Lipinski definition) is 1. The van der Waals surface area contributed by atoms with E-state index in [-0.39, 0.29) is 5.56 Å². The molecule has 3 rings (SSSR count). The Bertz CT molecular complexity index is 846. The molecule has 7 heteroatoms. The van der Waals surface area contributed by atoms with E-state index in [0.29, 0.717) is 17.8 Å². The molecule has 0 aliphatic heterocycles. The Balaban J connectivity index is 1.84. The number of nitrogens with zero attached hydrogens (tertiary/aromatic N) is 3. The van der Waals surface area contributed by atoms with E-state index < -0.39 is 12.2 Å². The molecule has 4 nitrogen and oxygen atoms in total. The summed E-state index contributed by atoms with van der Waals surface area (Å²) in [6.07, 6.45) is 2.87. The molecule has 1 aliphatic carbocycles. The van der Waals surface area contributed by atoms with E-state index in [4.69, 9.17) is 5.84 Å². The molecule has 0 spiro atoms. The van der Waals surface area contributed by atoms with Crippen molar-refractivity contribution in [2.45, 2.75) is 38.5 Å². The summed E-state index contributed by atoms with van der Waals surface area (Å²) in [5.41, 5.74) is 2.59. The van der Waals surface area contributed by atoms with Crippen molar-refractivity contribution in [1.82, 2.24) is 4.98 Å². The maximum absolute atomic E-state index is 13.6. The summed E-state index contributed by atoms with van der Waals surface area (Å²) < 4.78 is 39.3. The number of nitrogens with two attached hydrogens (primary N) is 1. The molecule has 1 aliphatic rings. The van der Waals surface area contributed by atoms with Crippen molar-refractivity contribution in [2.75, 3.05) is 0 Å². The van der Waals surface area contributed by atoms with Crippen LogP contribution in [0.15, 0.2) is 46.6 Å². The number of halogens is 3. The molecule has 0 unspecified atom stereocenters. The zero-order chi connectivity index (χ0) is 18.5. The highest BCUT2D eigenvalue weighted by Gasteiger charge is 2.15. The molecule has 2 N–H and O–H groups in total. The number of alkyl halides is 2. The van der Waals surface area contributed by atoms with Crippen molar-refractivity contribution in [3.63, 3.8) is 0 Å². The summed E-state index contributed by atoms with van der Waals surface area (Å²) in [5, 5.41) is 3.80. The summed E-state index contributed by atoms with van der Waals surface area (Å²) in [6, 6.07) is 6.96. The fourth-order valence-electron chi connectivity index (χ4n) is 3.04. The third-order valence-electron chi connectivity index (χ3n) is 4.27. The van der Waals surface area contributed by atoms with Gasteiger partial charge in [0.2, 0.25) is 0 Å². The van der Waals surface area contributed by atoms with Gasteiger partial charge >= 0.3 is 0 Å². The fourth-order valence-corrected chi connectivity index (χ4v) is 3.04. The van der Waals surface area contributed by atoms with Gasteiger partial charge in [-0.2, -0.15) is 5.10 Å². The van der Waals surface area contributed by atoms with Gasteiger partial charge < -0.3 is 5.84 Å². The molecule has 1 aromatic carbocycles. The Hall–Kier alpha value is -2.70. The zero-order valence-corrected chi connectivity index (χ0v) is 14.1. The van der Waals surface area contributed by atoms with Crippen molar-refractivity contribution in [3.8, 4) is 0 Å². The number of rotatable bonds is 4. The van der Waals surface area contributed by atoms with E-state index in [0.717, 1.165) is 48.7 Å². The van der Waals surface area contributed by atoms with E-state index in [1.54, 1.807) is 18.3 Å². The molecular formula is C19H19F3N4. The van der Waals surface area contributed by atoms with Crippen LogP contribution in [0.2, 0.25) is 0 Å². The summed E-state index contributed by atoms with van der Waals surface area (Å²) >= 11 is 0. The van der Waals surface area contributed by atoms with Gasteiger partial charge in [-0.1, -0.05) is 0 Å². The Morgan fingerprint density at radius 2 is 1.81 bits per heavy atom. The lowest BCUT2D eigenvalue weighted by atomic mass is 9.96. The van der Waals surface area contributed by atoms with E-state index in [1.165, 1.54) is 12.1 Å². The molecule has 1 heterocycles. The zero-order valence-electron chi connectivity index (χ0n) is 14.1. The van der Waals surface area contributed by atoms with E-state index in [2.05, 4.69) is 15.1 Å². The average molecular weight is 360 g/mol. The lowest BCUT2D eigenvalue weighted by Crippen LogP contribution is -2.20. The van der Waals surface area contributed by atoms with Gasteiger partial charge in [-0.25, -0.2) is 23.1 Å². The van der Waals surface area contributed by atoms with Crippen LogP contribution in [0.25, 0.3) is 0 Å². The molecule has 0 bridgehead atoms. The van der Waals surface area contributed by atoms with Crippen LogP contribution in [0.5, 0.6) is 0 Å². The number of aromatic nitrogens is 1. The van der Waals surface area contributed by atoms with Crippen LogP contribution in [0, 0.1) is 5.82 Å². The molecular weight excluding hydrogens is 341 g/mol. The highest BCUT2D eigenvalue weighted by molar-refractivity contribution is 6.43. The van der Waals surface area contributed by atoms with E-state index in [9.17, 15) is 13.2 Å². The normalized spacial score (nSPS) is 18.0. The number of hydrazone groups is 1. The molecule has 26 heavy (non-hydrogen) atoms. The molecule has 1 fully saturated rings. The van der Waals surface area contributed by atoms with E-state index >= 15 is 0 Å². The smallest absolute Gasteiger partial charge is 0.263 e. The highest BCUT2D eigenvalue weighted by atomic mass is 19.3. The van der Waals surface area contributed by atoms with Gasteiger partial charge in [-0.15, -0.1) is 0 Å². The third kappa shape index (κ3) is 4.47. The minimum atomic E-state index is -2.70. The second-order valence-corrected chi connectivity index (χ2v) is 6.23. The quantitative estimate of drug-likeness (QED) is 0.634. The van der Waals surface area contributed by atoms with Crippen LogP contribution < -0.4 is 5.84 Å². The van der Waals surface area contributed by atoms with Gasteiger partial charge in [0.1, 0.15) is 5.82 Å². The van der Waals surface area contributed by atoms with Gasteiger partial charge in [-0.05, 0) is 73.6 Å². The van der Waals surface area contributed by atoms with Crippen molar-refractivity contribution < 1.29 is 13.2 Å². The monoisotopic (exact) mass is 360 g/mol. The number of aliphatic imine (C=N–C) groups is 1. The molecule has 2 aromatic rings. The number of pyridine rings is 1. The van der Waals surface area contributed by atoms with Crippen LogP contribution in [-0.2, 0) is 6.42 Å². The summed E-state index contributed by atoms with van der Waals surface area (Å²) in [5.74, 6) is 5.26. The average Bonchev–Trinajstić information content (AvgIpc) is 2.62. The van der Waals surface area contributed by atoms with Crippen molar-refractivity contribution in [2.24, 2.45) is 15.9 Å². The maximum atomic E-state index is 13.6. The summed E-state index contributed by atoms with van der Waals surface area (Å²) in [4.78, 5) is 8.77. The van der Waals surface area contributed by atoms with Crippen LogP contribution in [0.1, 0.15) is 48.8 Å². The first-order chi connectivity index (χ1) is 12.5. The largest absolute Gasteiger partial charge is 0.323 e. The Labute approximate surface area is 149 Å². The van der Waals surface area contributed by atoms with Gasteiger partial charge in [-0.3, -0.25) is 0 Å². The van der Waals surface area contributed by atoms with Gasteiger partial charge in [0, 0.05) is 11.8 Å².